The van der Waals surface area contributed by atoms with Crippen molar-refractivity contribution in [3.63, 3.8) is 0 Å². The van der Waals surface area contributed by atoms with E-state index in [0.717, 1.165) is 93.5 Å². The predicted molar refractivity (Wildman–Crippen MR) is 223 cm³/mol. The fourth-order valence-corrected chi connectivity index (χ4v) is 8.87. The van der Waals surface area contributed by atoms with E-state index < -0.39 is 0 Å². The van der Waals surface area contributed by atoms with Gasteiger partial charge in [-0.1, -0.05) is 91.0 Å². The van der Waals surface area contributed by atoms with Gasteiger partial charge in [-0.25, -0.2) is 0 Å². The van der Waals surface area contributed by atoms with Crippen molar-refractivity contribution >= 4 is 87.2 Å². The zero-order valence-corrected chi connectivity index (χ0v) is 28.9. The molecule has 0 amide bonds. The molecule has 0 aliphatic carbocycles. The molecule has 0 spiro atoms. The quantitative estimate of drug-likeness (QED) is 0.173. The molecule has 0 radical (unpaired) electrons. The van der Waals surface area contributed by atoms with Crippen molar-refractivity contribution in [1.82, 2.24) is 13.7 Å². The molecule has 54 heavy (non-hydrogen) atoms. The topological polar surface area (TPSA) is 45.0 Å². The molecule has 8 aromatic carbocycles. The Morgan fingerprint density at radius 2 is 0.796 bits per heavy atom. The first kappa shape index (κ1) is 29.2. The van der Waals surface area contributed by atoms with Crippen molar-refractivity contribution in [2.75, 3.05) is 0 Å². The maximum absolute atomic E-state index is 15.1. The Balaban J connectivity index is 1.24. The van der Waals surface area contributed by atoms with Gasteiger partial charge < -0.3 is 13.6 Å². The van der Waals surface area contributed by atoms with E-state index >= 15 is 4.79 Å². The van der Waals surface area contributed by atoms with Crippen LogP contribution in [0.4, 0.5) is 0 Å². The van der Waals surface area contributed by atoms with Crippen molar-refractivity contribution in [1.29, 1.82) is 0 Å². The Labute approximate surface area is 307 Å². The molecule has 0 aliphatic heterocycles. The second-order valence-electron chi connectivity index (χ2n) is 14.1. The number of fused-ring (bicyclic) bond motifs is 12. The maximum atomic E-state index is 15.1. The van der Waals surface area contributed by atoms with Crippen molar-refractivity contribution in [3.05, 3.63) is 186 Å². The van der Waals surface area contributed by atoms with Gasteiger partial charge in [-0.2, -0.15) is 0 Å². The fraction of sp³-hybridized carbons (Fsp3) is 0. The first-order valence-electron chi connectivity index (χ1n) is 18.2. The van der Waals surface area contributed by atoms with Crippen LogP contribution in [0.5, 0.6) is 0 Å². The monoisotopic (exact) mass is 691 g/mol. The Hall–Kier alpha value is -7.37. The summed E-state index contributed by atoms with van der Waals surface area (Å²) in [4.78, 5) is 15.1. The Morgan fingerprint density at radius 1 is 0.296 bits per heavy atom. The molecular weight excluding hydrogens is 663 g/mol. The van der Waals surface area contributed by atoms with E-state index in [1.807, 2.05) is 59.2 Å². The summed E-state index contributed by atoms with van der Waals surface area (Å²) in [5, 5.41) is 9.32. The van der Waals surface area contributed by atoms with Crippen LogP contribution in [0.2, 0.25) is 0 Å². The lowest BCUT2D eigenvalue weighted by molar-refractivity contribution is 0.669. The Bertz CT molecular complexity index is 3570. The van der Waals surface area contributed by atoms with Gasteiger partial charge in [-0.3, -0.25) is 9.36 Å². The summed E-state index contributed by atoms with van der Waals surface area (Å²) in [5.41, 5.74) is 9.69. The van der Waals surface area contributed by atoms with E-state index in [-0.39, 0.29) is 5.56 Å². The third kappa shape index (κ3) is 3.95. The van der Waals surface area contributed by atoms with Crippen molar-refractivity contribution in [2.24, 2.45) is 0 Å². The highest BCUT2D eigenvalue weighted by Crippen LogP contribution is 2.41. The lowest BCUT2D eigenvalue weighted by Crippen LogP contribution is -2.19. The standard InChI is InChI=1S/C49H29N3O2/c53-49-41-28-44-37(33-17-8-11-21-43(33)51(44)32-23-24-48-40(25-32)35-19-9-12-22-47(35)54-48)26-36(41)39-27-38-34-18-7-10-20-42(34)50(30-13-3-1-4-14-30)45(38)29-46(39)52(49)31-15-5-2-6-16-31/h1-29H. The van der Waals surface area contributed by atoms with Gasteiger partial charge >= 0.3 is 0 Å². The largest absolute Gasteiger partial charge is 0.456 e. The van der Waals surface area contributed by atoms with Crippen LogP contribution in [-0.4, -0.2) is 13.7 Å². The van der Waals surface area contributed by atoms with E-state index in [1.54, 1.807) is 0 Å². The number of hydrogen-bond acceptors (Lipinski definition) is 2. The number of hydrogen-bond donors (Lipinski definition) is 0. The first-order chi connectivity index (χ1) is 26.7. The molecule has 0 atom stereocenters. The van der Waals surface area contributed by atoms with E-state index in [4.69, 9.17) is 4.42 Å². The molecule has 4 heterocycles. The van der Waals surface area contributed by atoms with Crippen LogP contribution in [0, 0.1) is 0 Å². The van der Waals surface area contributed by atoms with Crippen molar-refractivity contribution in [2.45, 2.75) is 0 Å². The highest BCUT2D eigenvalue weighted by atomic mass is 16.3. The third-order valence-corrected chi connectivity index (χ3v) is 11.2. The lowest BCUT2D eigenvalue weighted by Gasteiger charge is -2.16. The van der Waals surface area contributed by atoms with E-state index in [2.05, 4.69) is 130 Å². The molecule has 5 nitrogen and oxygen atoms in total. The zero-order chi connectivity index (χ0) is 35.5. The molecule has 0 fully saturated rings. The van der Waals surface area contributed by atoms with Crippen LogP contribution in [0.25, 0.3) is 104 Å². The second-order valence-corrected chi connectivity index (χ2v) is 14.1. The molecular formula is C49H29N3O2. The Kier molecular flexibility index (Phi) is 5.86. The van der Waals surface area contributed by atoms with Gasteiger partial charge in [0.05, 0.1) is 33.0 Å². The van der Waals surface area contributed by atoms with Gasteiger partial charge in [0.1, 0.15) is 11.2 Å². The normalized spacial score (nSPS) is 12.1. The summed E-state index contributed by atoms with van der Waals surface area (Å²) in [6.45, 7) is 0. The molecule has 0 saturated carbocycles. The van der Waals surface area contributed by atoms with Crippen LogP contribution in [-0.2, 0) is 0 Å². The number of nitrogens with zero attached hydrogens (tertiary/aromatic N) is 3. The highest BCUT2D eigenvalue weighted by molar-refractivity contribution is 6.22. The minimum absolute atomic E-state index is 0.0552. The Morgan fingerprint density at radius 3 is 1.50 bits per heavy atom. The average Bonchev–Trinajstić information content (AvgIpc) is 3.87. The number of rotatable bonds is 3. The van der Waals surface area contributed by atoms with Crippen molar-refractivity contribution in [3.8, 4) is 17.1 Å². The summed E-state index contributed by atoms with van der Waals surface area (Å²) in [6, 6.07) is 61.0. The number of para-hydroxylation sites is 5. The fourth-order valence-electron chi connectivity index (χ4n) is 8.87. The van der Waals surface area contributed by atoms with Crippen molar-refractivity contribution < 1.29 is 4.42 Å². The summed E-state index contributed by atoms with van der Waals surface area (Å²) in [6.07, 6.45) is 0. The second kappa shape index (κ2) is 10.8. The highest BCUT2D eigenvalue weighted by Gasteiger charge is 2.21. The van der Waals surface area contributed by atoms with Gasteiger partial charge in [-0.05, 0) is 90.3 Å². The van der Waals surface area contributed by atoms with E-state index in [0.29, 0.717) is 5.39 Å². The molecule has 12 rings (SSSR count). The lowest BCUT2D eigenvalue weighted by atomic mass is 10.0. The van der Waals surface area contributed by atoms with Gasteiger partial charge in [0, 0.05) is 54.8 Å². The zero-order valence-electron chi connectivity index (χ0n) is 28.9. The van der Waals surface area contributed by atoms with Gasteiger partial charge in [0.25, 0.3) is 5.56 Å². The molecule has 0 saturated heterocycles. The predicted octanol–water partition coefficient (Wildman–Crippen LogP) is 12.2. The molecule has 252 valence electrons. The van der Waals surface area contributed by atoms with Crippen LogP contribution in [0.3, 0.4) is 0 Å². The number of pyridine rings is 1. The first-order valence-corrected chi connectivity index (χ1v) is 18.2. The molecule has 0 bridgehead atoms. The van der Waals surface area contributed by atoms with Crippen LogP contribution in [0.1, 0.15) is 0 Å². The van der Waals surface area contributed by atoms with Gasteiger partial charge in [0.15, 0.2) is 0 Å². The summed E-state index contributed by atoms with van der Waals surface area (Å²) in [5.74, 6) is 0. The maximum Gasteiger partial charge on any atom is 0.263 e. The molecule has 0 unspecified atom stereocenters. The number of benzene rings is 8. The van der Waals surface area contributed by atoms with E-state index in [9.17, 15) is 0 Å². The van der Waals surface area contributed by atoms with Gasteiger partial charge in [0.2, 0.25) is 0 Å². The van der Waals surface area contributed by atoms with E-state index in [1.165, 1.54) is 5.39 Å². The van der Waals surface area contributed by atoms with Crippen LogP contribution >= 0.6 is 0 Å². The summed E-state index contributed by atoms with van der Waals surface area (Å²) >= 11 is 0. The molecule has 4 aromatic heterocycles. The SMILES string of the molecule is O=c1c2cc3c(cc2c2cc4c5ccccc5n(-c5ccccc5)c4cc2n1-c1ccccc1)c1ccccc1n3-c1ccc2oc3ccccc3c2c1. The number of furan rings is 1. The van der Waals surface area contributed by atoms with Crippen LogP contribution in [0.15, 0.2) is 185 Å². The number of aromatic nitrogens is 3. The van der Waals surface area contributed by atoms with Gasteiger partial charge in [-0.15, -0.1) is 0 Å². The summed E-state index contributed by atoms with van der Waals surface area (Å²) in [7, 11) is 0. The smallest absolute Gasteiger partial charge is 0.263 e. The molecule has 12 aromatic rings. The molecule has 0 N–H and O–H groups in total. The summed E-state index contributed by atoms with van der Waals surface area (Å²) < 4.78 is 12.7. The molecule has 0 aliphatic rings. The van der Waals surface area contributed by atoms with Crippen LogP contribution < -0.4 is 5.56 Å². The third-order valence-electron chi connectivity index (χ3n) is 11.2. The average molecular weight is 692 g/mol. The minimum atomic E-state index is -0.0552. The molecule has 5 heteroatoms. The minimum Gasteiger partial charge on any atom is -0.456 e.